The van der Waals surface area contributed by atoms with Crippen molar-refractivity contribution in [1.29, 1.82) is 0 Å². The SMILES string of the molecule is C=CC(=O)N1C2CCC1CC(c1ccc3ncnc(Nc4ccc(Oc5ccc6c(c5)nnn6C)c(C)c4)c3n1)C2. The monoisotopic (exact) mass is 546 g/mol. The van der Waals surface area contributed by atoms with Gasteiger partial charge in [0.1, 0.15) is 28.9 Å². The number of aromatic nitrogens is 6. The van der Waals surface area contributed by atoms with Crippen LogP contribution in [0.25, 0.3) is 22.1 Å². The zero-order valence-corrected chi connectivity index (χ0v) is 23.0. The average molecular weight is 547 g/mol. The molecule has 5 aromatic rings. The van der Waals surface area contributed by atoms with Crippen molar-refractivity contribution >= 4 is 39.5 Å². The van der Waals surface area contributed by atoms with Gasteiger partial charge >= 0.3 is 0 Å². The summed E-state index contributed by atoms with van der Waals surface area (Å²) in [5.74, 6) is 2.44. The third-order valence-electron chi connectivity index (χ3n) is 8.33. The summed E-state index contributed by atoms with van der Waals surface area (Å²) in [6.45, 7) is 5.70. The lowest BCUT2D eigenvalue weighted by Gasteiger charge is -2.38. The first-order valence-electron chi connectivity index (χ1n) is 13.9. The number of carbonyl (C=O) groups excluding carboxylic acids is 1. The largest absolute Gasteiger partial charge is 0.457 e. The molecule has 0 spiro atoms. The van der Waals surface area contributed by atoms with Gasteiger partial charge in [0, 0.05) is 42.5 Å². The van der Waals surface area contributed by atoms with E-state index in [1.54, 1.807) is 11.0 Å². The third-order valence-corrected chi connectivity index (χ3v) is 8.33. The number of nitrogens with one attached hydrogen (secondary N) is 1. The van der Waals surface area contributed by atoms with Gasteiger partial charge in [-0.25, -0.2) is 19.6 Å². The molecule has 2 fully saturated rings. The quantitative estimate of drug-likeness (QED) is 0.275. The van der Waals surface area contributed by atoms with Crippen molar-refractivity contribution in [3.63, 3.8) is 0 Å². The zero-order valence-electron chi connectivity index (χ0n) is 23.0. The minimum Gasteiger partial charge on any atom is -0.457 e. The van der Waals surface area contributed by atoms with Crippen molar-refractivity contribution in [2.75, 3.05) is 5.32 Å². The summed E-state index contributed by atoms with van der Waals surface area (Å²) < 4.78 is 7.90. The molecule has 0 radical (unpaired) electrons. The van der Waals surface area contributed by atoms with Crippen LogP contribution in [0.5, 0.6) is 11.5 Å². The lowest BCUT2D eigenvalue weighted by atomic mass is 9.87. The molecule has 10 nitrogen and oxygen atoms in total. The highest BCUT2D eigenvalue weighted by Crippen LogP contribution is 2.43. The molecule has 2 unspecified atom stereocenters. The smallest absolute Gasteiger partial charge is 0.246 e. The Kier molecular flexibility index (Phi) is 6.10. The van der Waals surface area contributed by atoms with Crippen LogP contribution in [0, 0.1) is 6.92 Å². The number of ether oxygens (including phenoxy) is 1. The van der Waals surface area contributed by atoms with E-state index < -0.39 is 0 Å². The second-order valence-corrected chi connectivity index (χ2v) is 10.9. The highest BCUT2D eigenvalue weighted by atomic mass is 16.5. The Morgan fingerprint density at radius 1 is 1.05 bits per heavy atom. The molecule has 2 atom stereocenters. The summed E-state index contributed by atoms with van der Waals surface area (Å²) >= 11 is 0. The molecule has 2 saturated heterocycles. The van der Waals surface area contributed by atoms with Gasteiger partial charge < -0.3 is 15.0 Å². The van der Waals surface area contributed by atoms with E-state index in [-0.39, 0.29) is 18.0 Å². The van der Waals surface area contributed by atoms with Crippen LogP contribution in [-0.4, -0.2) is 52.8 Å². The van der Waals surface area contributed by atoms with Gasteiger partial charge in [0.05, 0.1) is 11.0 Å². The van der Waals surface area contributed by atoms with Gasteiger partial charge in [-0.05, 0) is 86.7 Å². The summed E-state index contributed by atoms with van der Waals surface area (Å²) in [6, 6.07) is 16.3. The van der Waals surface area contributed by atoms with E-state index in [0.717, 1.165) is 70.4 Å². The highest BCUT2D eigenvalue weighted by Gasteiger charge is 2.43. The van der Waals surface area contributed by atoms with E-state index >= 15 is 0 Å². The first-order chi connectivity index (χ1) is 20.0. The van der Waals surface area contributed by atoms with Crippen LogP contribution in [0.4, 0.5) is 11.5 Å². The number of hydrogen-bond donors (Lipinski definition) is 1. The molecule has 1 N–H and O–H groups in total. The van der Waals surface area contributed by atoms with Crippen LogP contribution in [0.1, 0.15) is 42.9 Å². The van der Waals surface area contributed by atoms with Gasteiger partial charge in [-0.2, -0.15) is 0 Å². The van der Waals surface area contributed by atoms with Gasteiger partial charge in [-0.3, -0.25) is 4.79 Å². The minimum absolute atomic E-state index is 0.0422. The Balaban J connectivity index is 1.12. The van der Waals surface area contributed by atoms with Crippen LogP contribution >= 0.6 is 0 Å². The van der Waals surface area contributed by atoms with E-state index in [9.17, 15) is 4.79 Å². The van der Waals surface area contributed by atoms with Crippen molar-refractivity contribution in [3.05, 3.63) is 78.8 Å². The van der Waals surface area contributed by atoms with Gasteiger partial charge in [0.25, 0.3) is 0 Å². The molecule has 7 rings (SSSR count). The second kappa shape index (κ2) is 9.96. The first-order valence-corrected chi connectivity index (χ1v) is 13.9. The molecular formula is C31H30N8O2. The molecule has 5 heterocycles. The van der Waals surface area contributed by atoms with Crippen LogP contribution in [0.2, 0.25) is 0 Å². The van der Waals surface area contributed by atoms with E-state index in [0.29, 0.717) is 17.5 Å². The molecule has 10 heteroatoms. The Morgan fingerprint density at radius 3 is 2.66 bits per heavy atom. The maximum atomic E-state index is 12.4. The van der Waals surface area contributed by atoms with E-state index in [1.807, 2.05) is 61.3 Å². The fraction of sp³-hybridized carbons (Fsp3) is 0.290. The van der Waals surface area contributed by atoms with Crippen LogP contribution in [0.15, 0.2) is 67.5 Å². The molecule has 41 heavy (non-hydrogen) atoms. The molecule has 1 amide bonds. The molecule has 2 bridgehead atoms. The summed E-state index contributed by atoms with van der Waals surface area (Å²) in [4.78, 5) is 28.5. The van der Waals surface area contributed by atoms with Crippen molar-refractivity contribution < 1.29 is 9.53 Å². The number of nitrogens with zero attached hydrogens (tertiary/aromatic N) is 7. The Labute approximate surface area is 237 Å². The van der Waals surface area contributed by atoms with E-state index in [2.05, 4.69) is 38.2 Å². The highest BCUT2D eigenvalue weighted by molar-refractivity contribution is 5.88. The predicted molar refractivity (Wildman–Crippen MR) is 156 cm³/mol. The summed E-state index contributed by atoms with van der Waals surface area (Å²) in [7, 11) is 1.86. The van der Waals surface area contributed by atoms with Crippen molar-refractivity contribution in [2.24, 2.45) is 7.05 Å². The molecule has 2 aliphatic heterocycles. The minimum atomic E-state index is 0.0422. The molecule has 2 aliphatic rings. The Morgan fingerprint density at radius 2 is 1.88 bits per heavy atom. The topological polar surface area (TPSA) is 111 Å². The average Bonchev–Trinajstić information content (AvgIpc) is 3.48. The molecule has 2 aromatic carbocycles. The maximum absolute atomic E-state index is 12.4. The number of benzene rings is 2. The first kappa shape index (κ1) is 25.1. The molecule has 206 valence electrons. The van der Waals surface area contributed by atoms with Crippen LogP contribution in [0.3, 0.4) is 0 Å². The third kappa shape index (κ3) is 4.55. The number of aryl methyl sites for hydroxylation is 2. The summed E-state index contributed by atoms with van der Waals surface area (Å²) in [5.41, 5.74) is 6.12. The standard InChI is InChI=1S/C31H30N8O2/c1-4-29(40)39-21-6-7-22(39)15-19(14-21)24-9-10-25-30(35-24)31(33-17-32-25)34-20-5-12-28(18(2)13-20)41-23-8-11-27-26(16-23)36-37-38(27)3/h4-5,8-13,16-17,19,21-22H,1,6-7,14-15H2,2-3H3,(H,32,33,34). The maximum Gasteiger partial charge on any atom is 0.246 e. The number of hydrogen-bond acceptors (Lipinski definition) is 8. The van der Waals surface area contributed by atoms with Crippen LogP contribution < -0.4 is 10.1 Å². The molecule has 0 aliphatic carbocycles. The fourth-order valence-electron chi connectivity index (χ4n) is 6.35. The number of rotatable bonds is 6. The van der Waals surface area contributed by atoms with Crippen molar-refractivity contribution in [1.82, 2.24) is 34.8 Å². The molecular weight excluding hydrogens is 516 g/mol. The van der Waals surface area contributed by atoms with Crippen molar-refractivity contribution in [2.45, 2.75) is 50.6 Å². The number of anilines is 2. The van der Waals surface area contributed by atoms with E-state index in [1.165, 1.54) is 6.08 Å². The summed E-state index contributed by atoms with van der Waals surface area (Å²) in [6.07, 6.45) is 6.90. The lowest BCUT2D eigenvalue weighted by Crippen LogP contribution is -2.45. The van der Waals surface area contributed by atoms with Gasteiger partial charge in [0.2, 0.25) is 5.91 Å². The predicted octanol–water partition coefficient (Wildman–Crippen LogP) is 5.57. The van der Waals surface area contributed by atoms with Crippen LogP contribution in [-0.2, 0) is 11.8 Å². The summed E-state index contributed by atoms with van der Waals surface area (Å²) in [5, 5.41) is 11.7. The zero-order chi connectivity index (χ0) is 28.1. The number of piperidine rings is 1. The van der Waals surface area contributed by atoms with E-state index in [4.69, 9.17) is 9.72 Å². The fourth-order valence-corrected chi connectivity index (χ4v) is 6.35. The molecule has 3 aromatic heterocycles. The van der Waals surface area contributed by atoms with Gasteiger partial charge in [-0.15, -0.1) is 5.10 Å². The number of amides is 1. The Bertz CT molecular complexity index is 1800. The normalized spacial score (nSPS) is 20.0. The second-order valence-electron chi connectivity index (χ2n) is 10.9. The number of pyridine rings is 1. The Hall–Kier alpha value is -4.86. The van der Waals surface area contributed by atoms with Gasteiger partial charge in [0.15, 0.2) is 5.82 Å². The van der Waals surface area contributed by atoms with Crippen molar-refractivity contribution in [3.8, 4) is 11.5 Å². The molecule has 0 saturated carbocycles. The number of carbonyl (C=O) groups is 1. The van der Waals surface area contributed by atoms with Gasteiger partial charge in [-0.1, -0.05) is 11.8 Å². The lowest BCUT2D eigenvalue weighted by molar-refractivity contribution is -0.130. The number of fused-ring (bicyclic) bond motifs is 4.